The Kier molecular flexibility index (Phi) is 3.55. The van der Waals surface area contributed by atoms with Crippen molar-refractivity contribution in [3.05, 3.63) is 35.9 Å². The number of benzene rings is 1. The van der Waals surface area contributed by atoms with E-state index in [9.17, 15) is 4.79 Å². The minimum absolute atomic E-state index is 0.141. The molecule has 1 heterocycles. The van der Waals surface area contributed by atoms with Crippen molar-refractivity contribution in [3.8, 4) is 0 Å². The van der Waals surface area contributed by atoms with Crippen LogP contribution in [0, 0.1) is 5.41 Å². The fraction of sp³-hybridized carbons (Fsp3) is 0.588. The Morgan fingerprint density at radius 1 is 1.30 bits per heavy atom. The third-order valence-electron chi connectivity index (χ3n) is 4.78. The van der Waals surface area contributed by atoms with Gasteiger partial charge in [-0.25, -0.2) is 0 Å². The van der Waals surface area contributed by atoms with E-state index in [1.807, 2.05) is 30.3 Å². The molecule has 20 heavy (non-hydrogen) atoms. The molecule has 1 saturated carbocycles. The molecule has 3 nitrogen and oxygen atoms in total. The summed E-state index contributed by atoms with van der Waals surface area (Å²) in [4.78, 5) is 14.7. The molecule has 0 spiro atoms. The van der Waals surface area contributed by atoms with Gasteiger partial charge in [0.1, 0.15) is 6.04 Å². The van der Waals surface area contributed by atoms with Crippen molar-refractivity contribution >= 4 is 5.91 Å². The van der Waals surface area contributed by atoms with E-state index in [2.05, 4.69) is 24.1 Å². The van der Waals surface area contributed by atoms with E-state index < -0.39 is 0 Å². The van der Waals surface area contributed by atoms with Gasteiger partial charge in [-0.15, -0.1) is 0 Å². The maximum Gasteiger partial charge on any atom is 0.245 e. The molecule has 1 aromatic carbocycles. The Labute approximate surface area is 121 Å². The topological polar surface area (TPSA) is 32.3 Å². The number of hydrogen-bond donors (Lipinski definition) is 1. The van der Waals surface area contributed by atoms with Crippen LogP contribution in [-0.4, -0.2) is 23.5 Å². The van der Waals surface area contributed by atoms with Crippen molar-refractivity contribution in [2.24, 2.45) is 5.41 Å². The Bertz CT molecular complexity index is 481. The van der Waals surface area contributed by atoms with Crippen molar-refractivity contribution in [2.45, 2.75) is 51.7 Å². The third kappa shape index (κ3) is 2.47. The first-order valence-electron chi connectivity index (χ1n) is 7.77. The normalized spacial score (nSPS) is 27.9. The van der Waals surface area contributed by atoms with Crippen molar-refractivity contribution in [2.75, 3.05) is 6.54 Å². The van der Waals surface area contributed by atoms with E-state index in [-0.39, 0.29) is 18.1 Å². The molecule has 1 aromatic rings. The Morgan fingerprint density at radius 2 is 2.00 bits per heavy atom. The van der Waals surface area contributed by atoms with Gasteiger partial charge in [0.05, 0.1) is 6.17 Å². The van der Waals surface area contributed by atoms with Gasteiger partial charge in [0.15, 0.2) is 0 Å². The summed E-state index contributed by atoms with van der Waals surface area (Å²) in [6.45, 7) is 5.26. The highest BCUT2D eigenvalue weighted by Crippen LogP contribution is 2.50. The van der Waals surface area contributed by atoms with Crippen molar-refractivity contribution < 1.29 is 4.79 Å². The summed E-state index contributed by atoms with van der Waals surface area (Å²) in [5.74, 6) is 0.242. The highest BCUT2D eigenvalue weighted by atomic mass is 16.2. The highest BCUT2D eigenvalue weighted by Gasteiger charge is 2.47. The molecule has 1 N–H and O–H groups in total. The molecule has 0 aromatic heterocycles. The second kappa shape index (κ2) is 5.21. The summed E-state index contributed by atoms with van der Waals surface area (Å²) >= 11 is 0. The smallest absolute Gasteiger partial charge is 0.245 e. The molecule has 3 heteroatoms. The Morgan fingerprint density at radius 3 is 2.60 bits per heavy atom. The van der Waals surface area contributed by atoms with E-state index in [1.54, 1.807) is 0 Å². The number of nitrogens with one attached hydrogen (secondary N) is 1. The average molecular weight is 272 g/mol. The van der Waals surface area contributed by atoms with Gasteiger partial charge in [0, 0.05) is 6.54 Å². The summed E-state index contributed by atoms with van der Waals surface area (Å²) in [5, 5.41) is 3.44. The molecule has 108 valence electrons. The molecule has 0 radical (unpaired) electrons. The first kappa shape index (κ1) is 13.6. The van der Waals surface area contributed by atoms with Gasteiger partial charge >= 0.3 is 0 Å². The number of carbonyl (C=O) groups is 1. The second-order valence-electron chi connectivity index (χ2n) is 6.40. The van der Waals surface area contributed by atoms with E-state index in [0.29, 0.717) is 5.41 Å². The van der Waals surface area contributed by atoms with Crippen LogP contribution in [0.2, 0.25) is 0 Å². The molecule has 1 aliphatic heterocycles. The summed E-state index contributed by atoms with van der Waals surface area (Å²) < 4.78 is 0. The van der Waals surface area contributed by atoms with Gasteiger partial charge in [0.2, 0.25) is 5.91 Å². The molecule has 1 aliphatic carbocycles. The average Bonchev–Trinajstić information content (AvgIpc) is 3.16. The van der Waals surface area contributed by atoms with Crippen LogP contribution in [0.5, 0.6) is 0 Å². The van der Waals surface area contributed by atoms with Crippen LogP contribution in [0.25, 0.3) is 0 Å². The Hall–Kier alpha value is -1.35. The number of nitrogens with zero attached hydrogens (tertiary/aromatic N) is 1. The molecular formula is C17H24N2O. The molecule has 3 rings (SSSR count). The van der Waals surface area contributed by atoms with Crippen LogP contribution in [0.4, 0.5) is 0 Å². The first-order chi connectivity index (χ1) is 9.65. The van der Waals surface area contributed by atoms with Crippen molar-refractivity contribution in [1.29, 1.82) is 0 Å². The standard InChI is InChI=1S/C17H24N2O/c1-3-9-17(10-11-17)12-19-13(2)18-15(16(19)20)14-7-5-4-6-8-14/h4-8,13,15,18H,3,9-12H2,1-2H3. The summed E-state index contributed by atoms with van der Waals surface area (Å²) in [6, 6.07) is 9.89. The van der Waals surface area contributed by atoms with Crippen LogP contribution in [-0.2, 0) is 4.79 Å². The summed E-state index contributed by atoms with van der Waals surface area (Å²) in [7, 11) is 0. The van der Waals surface area contributed by atoms with Crippen LogP contribution < -0.4 is 5.32 Å². The van der Waals surface area contributed by atoms with Gasteiger partial charge in [0.25, 0.3) is 0 Å². The van der Waals surface area contributed by atoms with Gasteiger partial charge in [-0.05, 0) is 37.2 Å². The van der Waals surface area contributed by atoms with Gasteiger partial charge in [-0.1, -0.05) is 43.7 Å². The zero-order chi connectivity index (χ0) is 14.2. The van der Waals surface area contributed by atoms with Crippen LogP contribution >= 0.6 is 0 Å². The lowest BCUT2D eigenvalue weighted by Crippen LogP contribution is -2.39. The second-order valence-corrected chi connectivity index (χ2v) is 6.40. The minimum atomic E-state index is -0.163. The van der Waals surface area contributed by atoms with Crippen molar-refractivity contribution in [1.82, 2.24) is 10.2 Å². The molecule has 2 unspecified atom stereocenters. The lowest BCUT2D eigenvalue weighted by molar-refractivity contribution is -0.130. The lowest BCUT2D eigenvalue weighted by atomic mass is 9.99. The quantitative estimate of drug-likeness (QED) is 0.893. The number of rotatable bonds is 5. The van der Waals surface area contributed by atoms with E-state index >= 15 is 0 Å². The summed E-state index contributed by atoms with van der Waals surface area (Å²) in [6.07, 6.45) is 5.17. The van der Waals surface area contributed by atoms with Crippen LogP contribution in [0.15, 0.2) is 30.3 Å². The fourth-order valence-electron chi connectivity index (χ4n) is 3.41. The Balaban J connectivity index is 1.73. The summed E-state index contributed by atoms with van der Waals surface area (Å²) in [5.41, 5.74) is 1.50. The molecule has 2 aliphatic rings. The zero-order valence-corrected chi connectivity index (χ0v) is 12.4. The van der Waals surface area contributed by atoms with Crippen LogP contribution in [0.3, 0.4) is 0 Å². The fourth-order valence-corrected chi connectivity index (χ4v) is 3.41. The lowest BCUT2D eigenvalue weighted by Gasteiger charge is -2.26. The molecule has 1 amide bonds. The SMILES string of the molecule is CCCC1(CN2C(=O)C(c3ccccc3)NC2C)CC1. The van der Waals surface area contributed by atoms with E-state index in [1.165, 1.54) is 25.7 Å². The first-order valence-corrected chi connectivity index (χ1v) is 7.77. The molecular weight excluding hydrogens is 248 g/mol. The highest BCUT2D eigenvalue weighted by molar-refractivity contribution is 5.85. The number of carbonyl (C=O) groups excluding carboxylic acids is 1. The predicted molar refractivity (Wildman–Crippen MR) is 80.1 cm³/mol. The van der Waals surface area contributed by atoms with E-state index in [4.69, 9.17) is 0 Å². The number of amides is 1. The molecule has 1 saturated heterocycles. The number of hydrogen-bond acceptors (Lipinski definition) is 2. The molecule has 2 fully saturated rings. The monoisotopic (exact) mass is 272 g/mol. The van der Waals surface area contributed by atoms with Gasteiger partial charge < -0.3 is 4.90 Å². The van der Waals surface area contributed by atoms with Crippen LogP contribution in [0.1, 0.15) is 51.1 Å². The van der Waals surface area contributed by atoms with Gasteiger partial charge in [-0.3, -0.25) is 10.1 Å². The molecule has 2 atom stereocenters. The maximum atomic E-state index is 12.7. The van der Waals surface area contributed by atoms with E-state index in [0.717, 1.165) is 12.1 Å². The molecule has 0 bridgehead atoms. The largest absolute Gasteiger partial charge is 0.325 e. The van der Waals surface area contributed by atoms with Crippen molar-refractivity contribution in [3.63, 3.8) is 0 Å². The predicted octanol–water partition coefficient (Wildman–Crippen LogP) is 3.09. The minimum Gasteiger partial charge on any atom is -0.325 e. The maximum absolute atomic E-state index is 12.7. The van der Waals surface area contributed by atoms with Gasteiger partial charge in [-0.2, -0.15) is 0 Å². The zero-order valence-electron chi connectivity index (χ0n) is 12.4. The third-order valence-corrected chi connectivity index (χ3v) is 4.78.